The number of amides is 2. The van der Waals surface area contributed by atoms with Crippen LogP contribution in [0.1, 0.15) is 17.5 Å². The third-order valence-electron chi connectivity index (χ3n) is 5.12. The van der Waals surface area contributed by atoms with Gasteiger partial charge in [-0.05, 0) is 29.7 Å². The second-order valence-corrected chi connectivity index (χ2v) is 7.37. The van der Waals surface area contributed by atoms with Crippen LogP contribution in [0.2, 0.25) is 0 Å². The summed E-state index contributed by atoms with van der Waals surface area (Å²) in [7, 11) is 0. The van der Waals surface area contributed by atoms with Crippen molar-refractivity contribution in [3.05, 3.63) is 92.0 Å². The quantitative estimate of drug-likeness (QED) is 0.377. The highest BCUT2D eigenvalue weighted by Crippen LogP contribution is 2.16. The van der Waals surface area contributed by atoms with E-state index in [9.17, 15) is 29.8 Å². The van der Waals surface area contributed by atoms with Gasteiger partial charge in [-0.15, -0.1) is 0 Å². The standard InChI is InChI=1S/C23H22N4O6/c28-22(10-8-18-4-1-6-20(16-18)26(30)31)24-12-3-13-25(15-14-24)23(29)11-9-19-5-2-7-21(17-19)27(32)33/h1-2,4-11,16-17H,3,12-15H2. The molecular weight excluding hydrogens is 428 g/mol. The van der Waals surface area contributed by atoms with Gasteiger partial charge in [-0.25, -0.2) is 0 Å². The topological polar surface area (TPSA) is 127 Å². The number of nitro groups is 2. The monoisotopic (exact) mass is 450 g/mol. The Morgan fingerprint density at radius 3 is 1.55 bits per heavy atom. The van der Waals surface area contributed by atoms with E-state index in [1.165, 1.54) is 48.6 Å². The van der Waals surface area contributed by atoms with Crippen molar-refractivity contribution >= 4 is 35.3 Å². The number of nitrogens with zero attached hydrogens (tertiary/aromatic N) is 4. The zero-order chi connectivity index (χ0) is 23.8. The molecule has 0 radical (unpaired) electrons. The molecule has 1 fully saturated rings. The molecule has 2 aromatic carbocycles. The normalized spacial score (nSPS) is 14.4. The molecule has 170 valence electrons. The van der Waals surface area contributed by atoms with Crippen LogP contribution in [0, 0.1) is 20.2 Å². The van der Waals surface area contributed by atoms with Gasteiger partial charge in [0.05, 0.1) is 9.85 Å². The maximum atomic E-state index is 12.5. The van der Waals surface area contributed by atoms with Gasteiger partial charge in [0.2, 0.25) is 11.8 Å². The van der Waals surface area contributed by atoms with Crippen LogP contribution in [-0.4, -0.2) is 57.6 Å². The molecule has 0 spiro atoms. The van der Waals surface area contributed by atoms with Gasteiger partial charge < -0.3 is 9.80 Å². The number of rotatable bonds is 6. The van der Waals surface area contributed by atoms with Gasteiger partial charge in [0.1, 0.15) is 0 Å². The van der Waals surface area contributed by atoms with Crippen LogP contribution < -0.4 is 0 Å². The predicted molar refractivity (Wildman–Crippen MR) is 122 cm³/mol. The summed E-state index contributed by atoms with van der Waals surface area (Å²) in [4.78, 5) is 49.1. The molecule has 0 aliphatic carbocycles. The minimum atomic E-state index is -0.493. The van der Waals surface area contributed by atoms with Gasteiger partial charge in [-0.1, -0.05) is 24.3 Å². The average molecular weight is 450 g/mol. The molecular formula is C23H22N4O6. The Hall–Kier alpha value is -4.34. The van der Waals surface area contributed by atoms with E-state index >= 15 is 0 Å². The highest BCUT2D eigenvalue weighted by Gasteiger charge is 2.20. The first-order valence-corrected chi connectivity index (χ1v) is 10.3. The Bertz CT molecular complexity index is 1040. The fourth-order valence-electron chi connectivity index (χ4n) is 3.39. The minimum absolute atomic E-state index is 0.0494. The third kappa shape index (κ3) is 6.57. The smallest absolute Gasteiger partial charge is 0.270 e. The molecule has 33 heavy (non-hydrogen) atoms. The molecule has 1 heterocycles. The van der Waals surface area contributed by atoms with Crippen LogP contribution in [0.25, 0.3) is 12.2 Å². The van der Waals surface area contributed by atoms with Gasteiger partial charge in [-0.3, -0.25) is 29.8 Å². The largest absolute Gasteiger partial charge is 0.337 e. The van der Waals surface area contributed by atoms with E-state index in [-0.39, 0.29) is 23.2 Å². The van der Waals surface area contributed by atoms with Crippen molar-refractivity contribution in [3.63, 3.8) is 0 Å². The average Bonchev–Trinajstić information content (AvgIpc) is 3.08. The zero-order valence-electron chi connectivity index (χ0n) is 17.7. The molecule has 0 atom stereocenters. The van der Waals surface area contributed by atoms with Crippen LogP contribution in [0.5, 0.6) is 0 Å². The van der Waals surface area contributed by atoms with E-state index in [0.29, 0.717) is 43.7 Å². The van der Waals surface area contributed by atoms with Crippen LogP contribution in [0.3, 0.4) is 0 Å². The summed E-state index contributed by atoms with van der Waals surface area (Å²) >= 11 is 0. The number of carbonyl (C=O) groups is 2. The summed E-state index contributed by atoms with van der Waals surface area (Å²) in [5.41, 5.74) is 1.00. The van der Waals surface area contributed by atoms with E-state index in [2.05, 4.69) is 0 Å². The van der Waals surface area contributed by atoms with Gasteiger partial charge >= 0.3 is 0 Å². The summed E-state index contributed by atoms with van der Waals surface area (Å²) in [5, 5.41) is 21.7. The van der Waals surface area contributed by atoms with Crippen LogP contribution in [-0.2, 0) is 9.59 Å². The Morgan fingerprint density at radius 2 is 1.15 bits per heavy atom. The second-order valence-electron chi connectivity index (χ2n) is 7.37. The molecule has 10 nitrogen and oxygen atoms in total. The lowest BCUT2D eigenvalue weighted by Crippen LogP contribution is -2.36. The molecule has 0 N–H and O–H groups in total. The van der Waals surface area contributed by atoms with E-state index in [0.717, 1.165) is 0 Å². The number of non-ortho nitro benzene ring substituents is 2. The molecule has 1 aliphatic heterocycles. The number of benzene rings is 2. The van der Waals surface area contributed by atoms with Gasteiger partial charge in [-0.2, -0.15) is 0 Å². The SMILES string of the molecule is O=C(C=Cc1cccc([N+](=O)[O-])c1)N1CCCN(C(=O)C=Cc2cccc([N+](=O)[O-])c2)CC1. The lowest BCUT2D eigenvalue weighted by Gasteiger charge is -2.20. The fourth-order valence-corrected chi connectivity index (χ4v) is 3.39. The summed E-state index contributed by atoms with van der Waals surface area (Å²) < 4.78 is 0. The maximum absolute atomic E-state index is 12.5. The Kier molecular flexibility index (Phi) is 7.64. The minimum Gasteiger partial charge on any atom is -0.337 e. The second kappa shape index (κ2) is 10.8. The van der Waals surface area contributed by atoms with Crippen molar-refractivity contribution in [3.8, 4) is 0 Å². The Labute approximate surface area is 189 Å². The van der Waals surface area contributed by atoms with E-state index < -0.39 is 9.85 Å². The molecule has 1 aliphatic rings. The molecule has 3 rings (SSSR count). The van der Waals surface area contributed by atoms with E-state index in [4.69, 9.17) is 0 Å². The molecule has 2 aromatic rings. The van der Waals surface area contributed by atoms with Gasteiger partial charge in [0, 0.05) is 62.6 Å². The van der Waals surface area contributed by atoms with Crippen LogP contribution in [0.4, 0.5) is 11.4 Å². The van der Waals surface area contributed by atoms with Crippen LogP contribution >= 0.6 is 0 Å². The predicted octanol–water partition coefficient (Wildman–Crippen LogP) is 3.29. The van der Waals surface area contributed by atoms with Crippen molar-refractivity contribution in [2.75, 3.05) is 26.2 Å². The van der Waals surface area contributed by atoms with Crippen molar-refractivity contribution in [2.45, 2.75) is 6.42 Å². The number of nitro benzene ring substituents is 2. The Balaban J connectivity index is 1.57. The molecule has 1 saturated heterocycles. The summed E-state index contributed by atoms with van der Waals surface area (Å²) in [6, 6.07) is 12.0. The number of hydrogen-bond acceptors (Lipinski definition) is 6. The highest BCUT2D eigenvalue weighted by atomic mass is 16.6. The number of hydrogen-bond donors (Lipinski definition) is 0. The van der Waals surface area contributed by atoms with Crippen molar-refractivity contribution in [2.24, 2.45) is 0 Å². The molecule has 0 aromatic heterocycles. The van der Waals surface area contributed by atoms with Gasteiger partial charge in [0.25, 0.3) is 11.4 Å². The van der Waals surface area contributed by atoms with Crippen molar-refractivity contribution in [1.82, 2.24) is 9.80 Å². The van der Waals surface area contributed by atoms with Crippen LogP contribution in [0.15, 0.2) is 60.7 Å². The Morgan fingerprint density at radius 1 is 0.727 bits per heavy atom. The molecule has 0 saturated carbocycles. The fraction of sp³-hybridized carbons (Fsp3) is 0.217. The van der Waals surface area contributed by atoms with E-state index in [1.54, 1.807) is 34.1 Å². The molecule has 10 heteroatoms. The van der Waals surface area contributed by atoms with Crippen molar-refractivity contribution in [1.29, 1.82) is 0 Å². The molecule has 0 unspecified atom stereocenters. The third-order valence-corrected chi connectivity index (χ3v) is 5.12. The molecule has 0 bridgehead atoms. The highest BCUT2D eigenvalue weighted by molar-refractivity contribution is 5.93. The van der Waals surface area contributed by atoms with Crippen molar-refractivity contribution < 1.29 is 19.4 Å². The summed E-state index contributed by atoms with van der Waals surface area (Å²) in [6.07, 6.45) is 6.42. The summed E-state index contributed by atoms with van der Waals surface area (Å²) in [5.74, 6) is -0.467. The zero-order valence-corrected chi connectivity index (χ0v) is 17.7. The van der Waals surface area contributed by atoms with Gasteiger partial charge in [0.15, 0.2) is 0 Å². The first-order chi connectivity index (χ1) is 15.8. The number of carbonyl (C=O) groups excluding carboxylic acids is 2. The first-order valence-electron chi connectivity index (χ1n) is 10.3. The maximum Gasteiger partial charge on any atom is 0.270 e. The molecule has 2 amide bonds. The summed E-state index contributed by atoms with van der Waals surface area (Å²) in [6.45, 7) is 1.68. The first kappa shape index (κ1) is 23.3. The lowest BCUT2D eigenvalue weighted by atomic mass is 10.2. The lowest BCUT2D eigenvalue weighted by molar-refractivity contribution is -0.385. The van der Waals surface area contributed by atoms with E-state index in [1.807, 2.05) is 0 Å².